The quantitative estimate of drug-likeness (QED) is 0.441. The molecule has 8 heteroatoms. The van der Waals surface area contributed by atoms with E-state index in [0.717, 1.165) is 4.90 Å². The summed E-state index contributed by atoms with van der Waals surface area (Å²) in [6, 6.07) is 14.5. The summed E-state index contributed by atoms with van der Waals surface area (Å²) in [5, 5.41) is 11.6. The van der Waals surface area contributed by atoms with Gasteiger partial charge in [0.25, 0.3) is 5.69 Å². The first kappa shape index (κ1) is 18.5. The molecule has 0 spiro atoms. The molecule has 136 valence electrons. The molecule has 0 bridgehead atoms. The standard InChI is InChI=1S/C18H18ClN3O3S/c19-14-6-7-16(17(12-14)22(24)25)20-8-10-21(11-9-20)18(23)13-26-15-4-2-1-3-5-15/h1-7,12H,8-11,13H2. The Labute approximate surface area is 160 Å². The van der Waals surface area contributed by atoms with Crippen molar-refractivity contribution in [2.45, 2.75) is 4.90 Å². The number of carbonyl (C=O) groups is 1. The minimum absolute atomic E-state index is 0.00286. The van der Waals surface area contributed by atoms with Gasteiger partial charge in [0.15, 0.2) is 0 Å². The molecule has 2 aromatic carbocycles. The van der Waals surface area contributed by atoms with Gasteiger partial charge < -0.3 is 9.80 Å². The first-order chi connectivity index (χ1) is 12.5. The first-order valence-corrected chi connectivity index (χ1v) is 9.55. The van der Waals surface area contributed by atoms with Crippen molar-refractivity contribution < 1.29 is 9.72 Å². The lowest BCUT2D eigenvalue weighted by Gasteiger charge is -2.35. The van der Waals surface area contributed by atoms with Crippen LogP contribution in [0.5, 0.6) is 0 Å². The molecule has 1 aliphatic rings. The average Bonchev–Trinajstić information content (AvgIpc) is 2.67. The number of anilines is 1. The van der Waals surface area contributed by atoms with Crippen LogP contribution in [0.15, 0.2) is 53.4 Å². The van der Waals surface area contributed by atoms with Gasteiger partial charge in [0.05, 0.1) is 10.7 Å². The second-order valence-electron chi connectivity index (χ2n) is 5.86. The lowest BCUT2D eigenvalue weighted by molar-refractivity contribution is -0.384. The van der Waals surface area contributed by atoms with E-state index in [4.69, 9.17) is 11.6 Å². The number of nitrogens with zero attached hydrogens (tertiary/aromatic N) is 3. The number of thioether (sulfide) groups is 1. The van der Waals surface area contributed by atoms with Gasteiger partial charge in [-0.15, -0.1) is 11.8 Å². The van der Waals surface area contributed by atoms with Crippen molar-refractivity contribution in [3.8, 4) is 0 Å². The molecule has 1 aliphatic heterocycles. The Balaban J connectivity index is 1.57. The lowest BCUT2D eigenvalue weighted by atomic mass is 10.2. The number of amides is 1. The highest BCUT2D eigenvalue weighted by Crippen LogP contribution is 2.31. The molecule has 26 heavy (non-hydrogen) atoms. The topological polar surface area (TPSA) is 66.7 Å². The Hall–Kier alpha value is -2.25. The fourth-order valence-corrected chi connectivity index (χ4v) is 3.85. The Morgan fingerprint density at radius 3 is 2.46 bits per heavy atom. The number of hydrogen-bond donors (Lipinski definition) is 0. The molecule has 0 aliphatic carbocycles. The molecule has 1 amide bonds. The second kappa shape index (κ2) is 8.42. The molecule has 0 unspecified atom stereocenters. The van der Waals surface area contributed by atoms with Crippen LogP contribution in [0, 0.1) is 10.1 Å². The third-order valence-electron chi connectivity index (χ3n) is 4.21. The van der Waals surface area contributed by atoms with Crippen molar-refractivity contribution in [3.05, 3.63) is 63.7 Å². The van der Waals surface area contributed by atoms with Crippen molar-refractivity contribution in [1.82, 2.24) is 4.90 Å². The van der Waals surface area contributed by atoms with Crippen LogP contribution in [-0.2, 0) is 4.79 Å². The average molecular weight is 392 g/mol. The highest BCUT2D eigenvalue weighted by Gasteiger charge is 2.25. The van der Waals surface area contributed by atoms with E-state index in [9.17, 15) is 14.9 Å². The number of benzene rings is 2. The smallest absolute Gasteiger partial charge is 0.294 e. The Bertz CT molecular complexity index is 796. The zero-order valence-electron chi connectivity index (χ0n) is 14.0. The highest BCUT2D eigenvalue weighted by molar-refractivity contribution is 8.00. The molecule has 1 saturated heterocycles. The third kappa shape index (κ3) is 4.47. The summed E-state index contributed by atoms with van der Waals surface area (Å²) < 4.78 is 0. The zero-order valence-corrected chi connectivity index (χ0v) is 15.6. The number of hydrogen-bond acceptors (Lipinski definition) is 5. The van der Waals surface area contributed by atoms with Gasteiger partial charge in [-0.2, -0.15) is 0 Å². The van der Waals surface area contributed by atoms with Crippen LogP contribution in [0.1, 0.15) is 0 Å². The number of halogens is 1. The summed E-state index contributed by atoms with van der Waals surface area (Å²) in [4.78, 5) is 28.0. The van der Waals surface area contributed by atoms with E-state index in [2.05, 4.69) is 0 Å². The van der Waals surface area contributed by atoms with Crippen LogP contribution in [0.4, 0.5) is 11.4 Å². The van der Waals surface area contributed by atoms with Gasteiger partial charge in [-0.3, -0.25) is 14.9 Å². The Kier molecular flexibility index (Phi) is 6.00. The van der Waals surface area contributed by atoms with Crippen molar-refractivity contribution in [3.63, 3.8) is 0 Å². The number of carbonyl (C=O) groups excluding carboxylic acids is 1. The predicted octanol–water partition coefficient (Wildman–Crippen LogP) is 3.69. The van der Waals surface area contributed by atoms with E-state index in [1.807, 2.05) is 40.1 Å². The Morgan fingerprint density at radius 1 is 1.12 bits per heavy atom. The van der Waals surface area contributed by atoms with Crippen LogP contribution in [-0.4, -0.2) is 47.7 Å². The maximum Gasteiger partial charge on any atom is 0.294 e. The predicted molar refractivity (Wildman–Crippen MR) is 104 cm³/mol. The molecule has 0 N–H and O–H groups in total. The SMILES string of the molecule is O=C(CSc1ccccc1)N1CCN(c2ccc(Cl)cc2[N+](=O)[O-])CC1. The summed E-state index contributed by atoms with van der Waals surface area (Å²) in [6.07, 6.45) is 0. The molecule has 2 aromatic rings. The van der Waals surface area contributed by atoms with E-state index in [1.54, 1.807) is 12.1 Å². The van der Waals surface area contributed by atoms with E-state index >= 15 is 0 Å². The van der Waals surface area contributed by atoms with Gasteiger partial charge in [-0.1, -0.05) is 29.8 Å². The van der Waals surface area contributed by atoms with Crippen molar-refractivity contribution in [1.29, 1.82) is 0 Å². The van der Waals surface area contributed by atoms with E-state index in [0.29, 0.717) is 42.6 Å². The molecule has 1 heterocycles. The van der Waals surface area contributed by atoms with Crippen molar-refractivity contribution in [2.75, 3.05) is 36.8 Å². The summed E-state index contributed by atoms with van der Waals surface area (Å²) in [7, 11) is 0. The minimum atomic E-state index is -0.421. The van der Waals surface area contributed by atoms with Gasteiger partial charge >= 0.3 is 0 Å². The summed E-state index contributed by atoms with van der Waals surface area (Å²) >= 11 is 7.39. The van der Waals surface area contributed by atoms with Crippen LogP contribution in [0.2, 0.25) is 5.02 Å². The van der Waals surface area contributed by atoms with Crippen molar-refractivity contribution >= 4 is 40.6 Å². The molecule has 0 radical (unpaired) electrons. The molecular formula is C18H18ClN3O3S. The summed E-state index contributed by atoms with van der Waals surface area (Å²) in [5.41, 5.74) is 0.544. The molecule has 1 fully saturated rings. The molecule has 3 rings (SSSR count). The minimum Gasteiger partial charge on any atom is -0.362 e. The monoisotopic (exact) mass is 391 g/mol. The molecule has 6 nitrogen and oxygen atoms in total. The van der Waals surface area contributed by atoms with E-state index < -0.39 is 4.92 Å². The van der Waals surface area contributed by atoms with Gasteiger partial charge in [0.2, 0.25) is 5.91 Å². The van der Waals surface area contributed by atoms with Crippen LogP contribution in [0.3, 0.4) is 0 Å². The van der Waals surface area contributed by atoms with Gasteiger partial charge in [-0.05, 0) is 24.3 Å². The van der Waals surface area contributed by atoms with Crippen LogP contribution in [0.25, 0.3) is 0 Å². The molecule has 0 aromatic heterocycles. The normalized spacial score (nSPS) is 14.3. The van der Waals surface area contributed by atoms with E-state index in [-0.39, 0.29) is 11.6 Å². The number of nitro benzene ring substituents is 1. The largest absolute Gasteiger partial charge is 0.362 e. The van der Waals surface area contributed by atoms with Crippen molar-refractivity contribution in [2.24, 2.45) is 0 Å². The zero-order chi connectivity index (χ0) is 18.5. The molecule has 0 atom stereocenters. The number of piperazine rings is 1. The molecular weight excluding hydrogens is 374 g/mol. The van der Waals surface area contributed by atoms with Gasteiger partial charge in [0, 0.05) is 42.2 Å². The first-order valence-electron chi connectivity index (χ1n) is 8.19. The number of rotatable bonds is 5. The number of nitro groups is 1. The lowest BCUT2D eigenvalue weighted by Crippen LogP contribution is -2.49. The summed E-state index contributed by atoms with van der Waals surface area (Å²) in [5.74, 6) is 0.481. The fourth-order valence-electron chi connectivity index (χ4n) is 2.86. The third-order valence-corrected chi connectivity index (χ3v) is 5.44. The maximum absolute atomic E-state index is 12.4. The summed E-state index contributed by atoms with van der Waals surface area (Å²) in [6.45, 7) is 2.22. The Morgan fingerprint density at radius 2 is 1.81 bits per heavy atom. The fraction of sp³-hybridized carbons (Fsp3) is 0.278. The van der Waals surface area contributed by atoms with Gasteiger partial charge in [-0.25, -0.2) is 0 Å². The van der Waals surface area contributed by atoms with Crippen LogP contribution < -0.4 is 4.90 Å². The van der Waals surface area contributed by atoms with Gasteiger partial charge in [0.1, 0.15) is 5.69 Å². The highest BCUT2D eigenvalue weighted by atomic mass is 35.5. The molecule has 0 saturated carbocycles. The van der Waals surface area contributed by atoms with E-state index in [1.165, 1.54) is 17.8 Å². The second-order valence-corrected chi connectivity index (χ2v) is 7.34. The maximum atomic E-state index is 12.4. The van der Waals surface area contributed by atoms with Crippen LogP contribution >= 0.6 is 23.4 Å².